The molecule has 0 amide bonds. The molecule has 2 rings (SSSR count). The maximum atomic E-state index is 6.17. The Morgan fingerprint density at radius 2 is 2.19 bits per heavy atom. The van der Waals surface area contributed by atoms with Crippen molar-refractivity contribution in [2.24, 2.45) is 12.8 Å². The zero-order valence-electron chi connectivity index (χ0n) is 9.29. The smallest absolute Gasteiger partial charge is 0.142 e. The molecular formula is C11H14N4O. The predicted octanol–water partition coefficient (Wildman–Crippen LogP) is 0.872. The van der Waals surface area contributed by atoms with Crippen molar-refractivity contribution in [3.63, 3.8) is 0 Å². The quantitative estimate of drug-likeness (QED) is 0.830. The fourth-order valence-electron chi connectivity index (χ4n) is 1.67. The van der Waals surface area contributed by atoms with Gasteiger partial charge in [-0.05, 0) is 12.1 Å². The molecule has 2 aromatic heterocycles. The highest BCUT2D eigenvalue weighted by Crippen LogP contribution is 2.26. The van der Waals surface area contributed by atoms with E-state index in [1.165, 1.54) is 0 Å². The zero-order chi connectivity index (χ0) is 11.5. The number of ether oxygens (including phenoxy) is 1. The van der Waals surface area contributed by atoms with Crippen molar-refractivity contribution in [1.82, 2.24) is 14.8 Å². The summed E-state index contributed by atoms with van der Waals surface area (Å²) in [5.74, 6) is 0.691. The van der Waals surface area contributed by atoms with Gasteiger partial charge >= 0.3 is 0 Å². The van der Waals surface area contributed by atoms with E-state index >= 15 is 0 Å². The van der Waals surface area contributed by atoms with Crippen molar-refractivity contribution in [3.05, 3.63) is 42.0 Å². The summed E-state index contributed by atoms with van der Waals surface area (Å²) in [5.41, 5.74) is 8.01. The highest BCUT2D eigenvalue weighted by molar-refractivity contribution is 5.37. The van der Waals surface area contributed by atoms with Gasteiger partial charge in [0.15, 0.2) is 0 Å². The lowest BCUT2D eigenvalue weighted by Gasteiger charge is -2.15. The molecule has 0 spiro atoms. The molecule has 0 saturated carbocycles. The van der Waals surface area contributed by atoms with Crippen molar-refractivity contribution in [2.75, 3.05) is 7.11 Å². The molecule has 0 fully saturated rings. The first-order chi connectivity index (χ1) is 7.74. The molecule has 1 atom stereocenters. The summed E-state index contributed by atoms with van der Waals surface area (Å²) in [7, 11) is 3.47. The van der Waals surface area contributed by atoms with E-state index in [0.29, 0.717) is 5.75 Å². The van der Waals surface area contributed by atoms with Crippen LogP contribution in [0.15, 0.2) is 30.7 Å². The number of nitrogens with zero attached hydrogens (tertiary/aromatic N) is 3. The molecule has 16 heavy (non-hydrogen) atoms. The van der Waals surface area contributed by atoms with Crippen LogP contribution in [0, 0.1) is 0 Å². The van der Waals surface area contributed by atoms with Crippen LogP contribution in [0.3, 0.4) is 0 Å². The third-order valence-electron chi connectivity index (χ3n) is 2.55. The van der Waals surface area contributed by atoms with Crippen LogP contribution < -0.4 is 10.5 Å². The van der Waals surface area contributed by atoms with E-state index in [0.717, 1.165) is 11.3 Å². The molecule has 5 nitrogen and oxygen atoms in total. The lowest BCUT2D eigenvalue weighted by atomic mass is 10.1. The Bertz CT molecular complexity index is 480. The molecule has 0 aliphatic heterocycles. The average Bonchev–Trinajstić information content (AvgIpc) is 2.74. The first kappa shape index (κ1) is 10.6. The third kappa shape index (κ3) is 1.77. The lowest BCUT2D eigenvalue weighted by molar-refractivity contribution is 0.405. The summed E-state index contributed by atoms with van der Waals surface area (Å²) in [5, 5.41) is 4.10. The van der Waals surface area contributed by atoms with Crippen LogP contribution in [0.1, 0.15) is 17.3 Å². The molecule has 2 N–H and O–H groups in total. The highest BCUT2D eigenvalue weighted by Gasteiger charge is 2.16. The number of rotatable bonds is 3. The van der Waals surface area contributed by atoms with Gasteiger partial charge in [0.1, 0.15) is 5.75 Å². The van der Waals surface area contributed by atoms with Gasteiger partial charge in [-0.1, -0.05) is 0 Å². The highest BCUT2D eigenvalue weighted by atomic mass is 16.5. The molecule has 0 aromatic carbocycles. The number of hydrogen-bond donors (Lipinski definition) is 1. The van der Waals surface area contributed by atoms with Crippen LogP contribution in [0.4, 0.5) is 0 Å². The summed E-state index contributed by atoms with van der Waals surface area (Å²) in [4.78, 5) is 4.00. The molecule has 0 saturated heterocycles. The SMILES string of the molecule is COc1cnccc1C(N)c1ccnn1C. The van der Waals surface area contributed by atoms with Crippen LogP contribution in [0.5, 0.6) is 5.75 Å². The Hall–Kier alpha value is -1.88. The van der Waals surface area contributed by atoms with Crippen LogP contribution in [0.25, 0.3) is 0 Å². The number of aromatic nitrogens is 3. The summed E-state index contributed by atoms with van der Waals surface area (Å²) in [6.45, 7) is 0. The molecule has 0 radical (unpaired) electrons. The number of methoxy groups -OCH3 is 1. The number of aryl methyl sites for hydroxylation is 1. The Labute approximate surface area is 93.9 Å². The van der Waals surface area contributed by atoms with Gasteiger partial charge in [0, 0.05) is 25.0 Å². The van der Waals surface area contributed by atoms with Crippen molar-refractivity contribution < 1.29 is 4.74 Å². The van der Waals surface area contributed by atoms with Gasteiger partial charge in [-0.2, -0.15) is 5.10 Å². The van der Waals surface area contributed by atoms with Gasteiger partial charge in [0.05, 0.1) is 25.0 Å². The summed E-state index contributed by atoms with van der Waals surface area (Å²) in [6, 6.07) is 3.49. The molecule has 5 heteroatoms. The van der Waals surface area contributed by atoms with E-state index in [-0.39, 0.29) is 6.04 Å². The van der Waals surface area contributed by atoms with E-state index in [4.69, 9.17) is 10.5 Å². The topological polar surface area (TPSA) is 66.0 Å². The third-order valence-corrected chi connectivity index (χ3v) is 2.55. The summed E-state index contributed by atoms with van der Waals surface area (Å²) < 4.78 is 6.99. The Morgan fingerprint density at radius 1 is 1.38 bits per heavy atom. The van der Waals surface area contributed by atoms with Crippen LogP contribution in [-0.4, -0.2) is 21.9 Å². The van der Waals surface area contributed by atoms with E-state index in [1.54, 1.807) is 30.4 Å². The van der Waals surface area contributed by atoms with Gasteiger partial charge in [-0.3, -0.25) is 9.67 Å². The zero-order valence-corrected chi connectivity index (χ0v) is 9.29. The second-order valence-electron chi connectivity index (χ2n) is 3.47. The maximum absolute atomic E-state index is 6.17. The Kier molecular flexibility index (Phi) is 2.87. The monoisotopic (exact) mass is 218 g/mol. The minimum absolute atomic E-state index is 0.259. The first-order valence-electron chi connectivity index (χ1n) is 4.95. The Morgan fingerprint density at radius 3 is 2.81 bits per heavy atom. The van der Waals surface area contributed by atoms with E-state index in [2.05, 4.69) is 10.1 Å². The van der Waals surface area contributed by atoms with Gasteiger partial charge < -0.3 is 10.5 Å². The lowest BCUT2D eigenvalue weighted by Crippen LogP contribution is -2.16. The molecule has 0 aliphatic rings. The van der Waals surface area contributed by atoms with Crippen LogP contribution >= 0.6 is 0 Å². The molecule has 84 valence electrons. The minimum atomic E-state index is -0.259. The van der Waals surface area contributed by atoms with E-state index in [1.807, 2.05) is 19.2 Å². The van der Waals surface area contributed by atoms with Crippen molar-refractivity contribution in [1.29, 1.82) is 0 Å². The van der Waals surface area contributed by atoms with E-state index < -0.39 is 0 Å². The number of nitrogens with two attached hydrogens (primary N) is 1. The molecule has 1 unspecified atom stereocenters. The molecule has 0 bridgehead atoms. The predicted molar refractivity (Wildman–Crippen MR) is 60.0 cm³/mol. The van der Waals surface area contributed by atoms with Crippen molar-refractivity contribution in [2.45, 2.75) is 6.04 Å². The Balaban J connectivity index is 2.41. The first-order valence-corrected chi connectivity index (χ1v) is 4.95. The van der Waals surface area contributed by atoms with Gasteiger partial charge in [0.2, 0.25) is 0 Å². The second kappa shape index (κ2) is 4.32. The normalized spacial score (nSPS) is 12.4. The average molecular weight is 218 g/mol. The van der Waals surface area contributed by atoms with E-state index in [9.17, 15) is 0 Å². The molecule has 2 heterocycles. The van der Waals surface area contributed by atoms with Crippen molar-refractivity contribution in [3.8, 4) is 5.75 Å². The molecule has 2 aromatic rings. The van der Waals surface area contributed by atoms with Gasteiger partial charge in [0.25, 0.3) is 0 Å². The molecule has 0 aliphatic carbocycles. The minimum Gasteiger partial charge on any atom is -0.495 e. The van der Waals surface area contributed by atoms with Gasteiger partial charge in [-0.25, -0.2) is 0 Å². The fourth-order valence-corrected chi connectivity index (χ4v) is 1.67. The summed E-state index contributed by atoms with van der Waals surface area (Å²) in [6.07, 6.45) is 5.09. The summed E-state index contributed by atoms with van der Waals surface area (Å²) >= 11 is 0. The second-order valence-corrected chi connectivity index (χ2v) is 3.47. The van der Waals surface area contributed by atoms with Crippen LogP contribution in [0.2, 0.25) is 0 Å². The van der Waals surface area contributed by atoms with Crippen LogP contribution in [-0.2, 0) is 7.05 Å². The molecular weight excluding hydrogens is 204 g/mol. The fraction of sp³-hybridized carbons (Fsp3) is 0.273. The maximum Gasteiger partial charge on any atom is 0.142 e. The number of pyridine rings is 1. The standard InChI is InChI=1S/C11H14N4O/c1-15-9(4-6-14-15)11(12)8-3-5-13-7-10(8)16-2/h3-7,11H,12H2,1-2H3. The largest absolute Gasteiger partial charge is 0.495 e. The number of hydrogen-bond acceptors (Lipinski definition) is 4. The van der Waals surface area contributed by atoms with Crippen molar-refractivity contribution >= 4 is 0 Å². The van der Waals surface area contributed by atoms with Gasteiger partial charge in [-0.15, -0.1) is 0 Å².